The molecule has 1 aliphatic heterocycles. The molecule has 0 radical (unpaired) electrons. The number of anilines is 1. The number of methoxy groups -OCH3 is 1. The summed E-state index contributed by atoms with van der Waals surface area (Å²) in [4.78, 5) is 20.2. The molecule has 2 saturated carbocycles. The van der Waals surface area contributed by atoms with Crippen molar-refractivity contribution in [1.29, 1.82) is 0 Å². The minimum absolute atomic E-state index is 0.0701. The van der Waals surface area contributed by atoms with E-state index >= 15 is 0 Å². The van der Waals surface area contributed by atoms with Crippen LogP contribution in [0, 0.1) is 0 Å². The fourth-order valence-corrected chi connectivity index (χ4v) is 4.89. The van der Waals surface area contributed by atoms with Crippen molar-refractivity contribution in [1.82, 2.24) is 4.90 Å². The third kappa shape index (κ3) is 5.05. The maximum atomic E-state index is 13.4. The Balaban J connectivity index is 1.63. The molecule has 168 valence electrons. The van der Waals surface area contributed by atoms with Crippen molar-refractivity contribution in [3.8, 4) is 5.75 Å². The second-order valence-electron chi connectivity index (χ2n) is 8.77. The highest BCUT2D eigenvalue weighted by molar-refractivity contribution is 6.11. The molecule has 0 bridgehead atoms. The molecule has 0 atom stereocenters. The molecular weight excluding hydrogens is 390 g/mol. The minimum atomic E-state index is -0.0701. The quantitative estimate of drug-likeness (QED) is 0.624. The van der Waals surface area contributed by atoms with Gasteiger partial charge in [-0.1, -0.05) is 38.5 Å². The standard InChI is InChI=1S/C25H35N3O3/c1-3-26-20-15-14-18(22(17-20)30-2)16-23-24(29)28(21-12-8-5-9-13-21)25(31-23)27-19-10-6-4-7-11-19/h14-17,19,21,26H,3-13H2,1-2H3/b23-16+,27-25+. The third-order valence-electron chi connectivity index (χ3n) is 6.55. The van der Waals surface area contributed by atoms with E-state index < -0.39 is 0 Å². The van der Waals surface area contributed by atoms with E-state index in [2.05, 4.69) is 12.2 Å². The van der Waals surface area contributed by atoms with Crippen LogP contribution in [0.3, 0.4) is 0 Å². The minimum Gasteiger partial charge on any atom is -0.496 e. The number of carbonyl (C=O) groups is 1. The first-order valence-corrected chi connectivity index (χ1v) is 11.9. The van der Waals surface area contributed by atoms with Gasteiger partial charge in [-0.15, -0.1) is 0 Å². The molecule has 1 heterocycles. The lowest BCUT2D eigenvalue weighted by molar-refractivity contribution is -0.124. The van der Waals surface area contributed by atoms with E-state index in [0.29, 0.717) is 17.5 Å². The number of amidine groups is 1. The van der Waals surface area contributed by atoms with Gasteiger partial charge < -0.3 is 14.8 Å². The summed E-state index contributed by atoms with van der Waals surface area (Å²) in [5.41, 5.74) is 1.82. The molecule has 31 heavy (non-hydrogen) atoms. The van der Waals surface area contributed by atoms with E-state index in [1.54, 1.807) is 13.2 Å². The predicted molar refractivity (Wildman–Crippen MR) is 124 cm³/mol. The van der Waals surface area contributed by atoms with Crippen LogP contribution in [0.4, 0.5) is 5.69 Å². The fourth-order valence-electron chi connectivity index (χ4n) is 4.89. The Labute approximate surface area is 185 Å². The predicted octanol–water partition coefficient (Wildman–Crippen LogP) is 5.35. The number of rotatable bonds is 6. The number of hydrogen-bond acceptors (Lipinski definition) is 5. The number of amides is 1. The number of nitrogens with zero attached hydrogens (tertiary/aromatic N) is 2. The van der Waals surface area contributed by atoms with Crippen LogP contribution in [0.25, 0.3) is 6.08 Å². The summed E-state index contributed by atoms with van der Waals surface area (Å²) in [6.07, 6.45) is 13.3. The van der Waals surface area contributed by atoms with E-state index in [1.165, 1.54) is 25.7 Å². The summed E-state index contributed by atoms with van der Waals surface area (Å²) >= 11 is 0. The highest BCUT2D eigenvalue weighted by Crippen LogP contribution is 2.33. The molecular formula is C25H35N3O3. The Morgan fingerprint density at radius 1 is 1.13 bits per heavy atom. The van der Waals surface area contributed by atoms with Crippen molar-refractivity contribution in [2.24, 2.45) is 4.99 Å². The Bertz CT molecular complexity index is 836. The van der Waals surface area contributed by atoms with E-state index in [0.717, 1.165) is 56.3 Å². The molecule has 2 aliphatic carbocycles. The van der Waals surface area contributed by atoms with Gasteiger partial charge in [0, 0.05) is 29.9 Å². The van der Waals surface area contributed by atoms with Crippen LogP contribution in [-0.4, -0.2) is 42.6 Å². The van der Waals surface area contributed by atoms with E-state index in [9.17, 15) is 4.79 Å². The van der Waals surface area contributed by atoms with E-state index in [1.807, 2.05) is 23.1 Å². The molecule has 3 aliphatic rings. The van der Waals surface area contributed by atoms with Gasteiger partial charge in [0.25, 0.3) is 5.91 Å². The van der Waals surface area contributed by atoms with Crippen molar-refractivity contribution >= 4 is 23.7 Å². The van der Waals surface area contributed by atoms with Crippen molar-refractivity contribution in [3.05, 3.63) is 29.5 Å². The molecule has 0 aromatic heterocycles. The first-order chi connectivity index (χ1) is 15.2. The zero-order valence-electron chi connectivity index (χ0n) is 18.9. The van der Waals surface area contributed by atoms with Crippen LogP contribution in [0.15, 0.2) is 29.0 Å². The molecule has 1 amide bonds. The Morgan fingerprint density at radius 2 is 1.84 bits per heavy atom. The second kappa shape index (κ2) is 10.2. The van der Waals surface area contributed by atoms with Gasteiger partial charge in [0.1, 0.15) is 5.75 Å². The maximum absolute atomic E-state index is 13.4. The topological polar surface area (TPSA) is 63.2 Å². The third-order valence-corrected chi connectivity index (χ3v) is 6.55. The highest BCUT2D eigenvalue weighted by Gasteiger charge is 2.40. The largest absolute Gasteiger partial charge is 0.496 e. The van der Waals surface area contributed by atoms with Gasteiger partial charge in [-0.05, 0) is 50.8 Å². The fraction of sp³-hybridized carbons (Fsp3) is 0.600. The summed E-state index contributed by atoms with van der Waals surface area (Å²) in [5.74, 6) is 0.984. The smallest absolute Gasteiger partial charge is 0.300 e. The average molecular weight is 426 g/mol. The first-order valence-electron chi connectivity index (χ1n) is 11.9. The Morgan fingerprint density at radius 3 is 2.52 bits per heavy atom. The maximum Gasteiger partial charge on any atom is 0.300 e. The summed E-state index contributed by atoms with van der Waals surface area (Å²) in [7, 11) is 1.65. The summed E-state index contributed by atoms with van der Waals surface area (Å²) in [5, 5.41) is 3.29. The molecule has 1 aromatic carbocycles. The van der Waals surface area contributed by atoms with Crippen molar-refractivity contribution < 1.29 is 14.3 Å². The summed E-state index contributed by atoms with van der Waals surface area (Å²) in [6, 6.07) is 6.86. The zero-order chi connectivity index (χ0) is 21.6. The second-order valence-corrected chi connectivity index (χ2v) is 8.77. The Kier molecular flexibility index (Phi) is 7.15. The normalized spacial score (nSPS) is 23.4. The number of carbonyl (C=O) groups excluding carboxylic acids is 1. The van der Waals surface area contributed by atoms with Gasteiger partial charge in [0.05, 0.1) is 13.2 Å². The molecule has 0 unspecified atom stereocenters. The monoisotopic (exact) mass is 425 g/mol. The Hall–Kier alpha value is -2.50. The first kappa shape index (κ1) is 21.7. The number of ether oxygens (including phenoxy) is 2. The van der Waals surface area contributed by atoms with Gasteiger partial charge in [-0.25, -0.2) is 4.99 Å². The molecule has 1 N–H and O–H groups in total. The van der Waals surface area contributed by atoms with Gasteiger partial charge in [-0.3, -0.25) is 9.69 Å². The highest BCUT2D eigenvalue weighted by atomic mass is 16.5. The van der Waals surface area contributed by atoms with Crippen LogP contribution >= 0.6 is 0 Å². The molecule has 1 aromatic rings. The average Bonchev–Trinajstić information content (AvgIpc) is 3.10. The molecule has 4 rings (SSSR count). The number of nitrogens with one attached hydrogen (secondary N) is 1. The van der Waals surface area contributed by atoms with Gasteiger partial charge in [0.15, 0.2) is 5.76 Å². The molecule has 6 nitrogen and oxygen atoms in total. The van der Waals surface area contributed by atoms with Gasteiger partial charge >= 0.3 is 6.02 Å². The van der Waals surface area contributed by atoms with Crippen molar-refractivity contribution in [3.63, 3.8) is 0 Å². The van der Waals surface area contributed by atoms with Crippen LogP contribution in [0.5, 0.6) is 5.75 Å². The molecule has 0 spiro atoms. The lowest BCUT2D eigenvalue weighted by Gasteiger charge is -2.29. The van der Waals surface area contributed by atoms with Crippen LogP contribution < -0.4 is 10.1 Å². The van der Waals surface area contributed by atoms with Crippen LogP contribution in [-0.2, 0) is 9.53 Å². The van der Waals surface area contributed by atoms with Crippen molar-refractivity contribution in [2.45, 2.75) is 83.2 Å². The number of benzene rings is 1. The summed E-state index contributed by atoms with van der Waals surface area (Å²) < 4.78 is 11.7. The lowest BCUT2D eigenvalue weighted by atomic mass is 9.94. The van der Waals surface area contributed by atoms with Gasteiger partial charge in [-0.2, -0.15) is 0 Å². The number of hydrogen-bond donors (Lipinski definition) is 1. The van der Waals surface area contributed by atoms with Gasteiger partial charge in [0.2, 0.25) is 0 Å². The van der Waals surface area contributed by atoms with E-state index in [-0.39, 0.29) is 18.0 Å². The molecule has 6 heteroatoms. The van der Waals surface area contributed by atoms with E-state index in [4.69, 9.17) is 14.5 Å². The number of aliphatic imine (C=N–C) groups is 1. The van der Waals surface area contributed by atoms with Crippen LogP contribution in [0.2, 0.25) is 0 Å². The zero-order valence-corrected chi connectivity index (χ0v) is 18.9. The lowest BCUT2D eigenvalue weighted by Crippen LogP contribution is -2.41. The van der Waals surface area contributed by atoms with Crippen molar-refractivity contribution in [2.75, 3.05) is 19.0 Å². The molecule has 3 fully saturated rings. The molecule has 1 saturated heterocycles. The van der Waals surface area contributed by atoms with Crippen LogP contribution in [0.1, 0.15) is 76.7 Å². The summed E-state index contributed by atoms with van der Waals surface area (Å²) in [6.45, 7) is 2.89. The SMILES string of the molecule is CCNc1ccc(/C=C2/O/C(=N/C3CCCCC3)N(C3CCCCC3)C2=O)c(OC)c1.